The molecule has 1 heterocycles. The van der Waals surface area contributed by atoms with Crippen LogP contribution < -0.4 is 10.6 Å². The van der Waals surface area contributed by atoms with Gasteiger partial charge in [0.25, 0.3) is 0 Å². The van der Waals surface area contributed by atoms with E-state index in [1.807, 2.05) is 0 Å². The Morgan fingerprint density at radius 1 is 1.28 bits per heavy atom. The molecule has 1 saturated heterocycles. The van der Waals surface area contributed by atoms with Crippen molar-refractivity contribution < 1.29 is 17.2 Å². The summed E-state index contributed by atoms with van der Waals surface area (Å²) < 4.78 is 47.0. The lowest BCUT2D eigenvalue weighted by Crippen LogP contribution is -2.22. The number of rotatable bonds is 4. The van der Waals surface area contributed by atoms with Crippen LogP contribution in [0, 0.1) is 0 Å². The first kappa shape index (κ1) is 13.2. The molecule has 0 bridgehead atoms. The fourth-order valence-corrected chi connectivity index (χ4v) is 2.58. The molecular formula is C11H14F2N2O2S. The zero-order chi connectivity index (χ0) is 13.2. The average molecular weight is 276 g/mol. The van der Waals surface area contributed by atoms with Gasteiger partial charge in [-0.2, -0.15) is 8.78 Å². The van der Waals surface area contributed by atoms with Gasteiger partial charge in [-0.15, -0.1) is 0 Å². The van der Waals surface area contributed by atoms with Crippen molar-refractivity contribution >= 4 is 15.5 Å². The summed E-state index contributed by atoms with van der Waals surface area (Å²) in [5.41, 5.74) is 0.733. The quantitative estimate of drug-likeness (QED) is 0.874. The highest BCUT2D eigenvalue weighted by Gasteiger charge is 2.26. The Morgan fingerprint density at radius 2 is 1.94 bits per heavy atom. The van der Waals surface area contributed by atoms with E-state index >= 15 is 0 Å². The number of nitrogens with one attached hydrogen (secondary N) is 2. The van der Waals surface area contributed by atoms with Gasteiger partial charge < -0.3 is 10.6 Å². The molecular weight excluding hydrogens is 262 g/mol. The van der Waals surface area contributed by atoms with Crippen molar-refractivity contribution in [1.82, 2.24) is 5.32 Å². The lowest BCUT2D eigenvalue weighted by molar-refractivity contribution is 0.234. The SMILES string of the molecule is O=S(=O)(c1ccc(NC2CCNC2)cc1)C(F)F. The summed E-state index contributed by atoms with van der Waals surface area (Å²) in [6.45, 7) is 1.78. The molecule has 2 rings (SSSR count). The smallest absolute Gasteiger partial charge is 0.341 e. The van der Waals surface area contributed by atoms with Crippen LogP contribution in [0.2, 0.25) is 0 Å². The maximum Gasteiger partial charge on any atom is 0.341 e. The number of benzene rings is 1. The Kier molecular flexibility index (Phi) is 3.82. The van der Waals surface area contributed by atoms with Crippen molar-refractivity contribution in [1.29, 1.82) is 0 Å². The first-order valence-electron chi connectivity index (χ1n) is 5.59. The van der Waals surface area contributed by atoms with Crippen molar-refractivity contribution in [2.24, 2.45) is 0 Å². The van der Waals surface area contributed by atoms with E-state index < -0.39 is 15.6 Å². The van der Waals surface area contributed by atoms with Gasteiger partial charge in [0.15, 0.2) is 0 Å². The lowest BCUT2D eigenvalue weighted by Gasteiger charge is -2.13. The van der Waals surface area contributed by atoms with Crippen LogP contribution in [0.1, 0.15) is 6.42 Å². The molecule has 0 radical (unpaired) electrons. The summed E-state index contributed by atoms with van der Waals surface area (Å²) in [6.07, 6.45) is 0.983. The first-order chi connectivity index (χ1) is 8.50. The summed E-state index contributed by atoms with van der Waals surface area (Å²) in [7, 11) is -4.49. The molecule has 0 aromatic heterocycles. The van der Waals surface area contributed by atoms with Gasteiger partial charge in [-0.25, -0.2) is 8.42 Å². The molecule has 0 spiro atoms. The Labute approximate surface area is 104 Å². The minimum Gasteiger partial charge on any atom is -0.381 e. The second-order valence-corrected chi connectivity index (χ2v) is 6.08. The molecule has 1 aliphatic heterocycles. The second kappa shape index (κ2) is 5.19. The van der Waals surface area contributed by atoms with Gasteiger partial charge in [-0.1, -0.05) is 0 Å². The van der Waals surface area contributed by atoms with Gasteiger partial charge in [0.1, 0.15) is 0 Å². The molecule has 1 unspecified atom stereocenters. The molecule has 2 N–H and O–H groups in total. The normalized spacial score (nSPS) is 20.3. The molecule has 1 aliphatic rings. The molecule has 1 atom stereocenters. The van der Waals surface area contributed by atoms with E-state index in [-0.39, 0.29) is 4.90 Å². The number of alkyl halides is 2. The third-order valence-electron chi connectivity index (χ3n) is 2.85. The Hall–Kier alpha value is -1.21. The Bertz CT molecular complexity index is 496. The molecule has 0 amide bonds. The summed E-state index contributed by atoms with van der Waals surface area (Å²) in [4.78, 5) is -0.354. The van der Waals surface area contributed by atoms with Gasteiger partial charge in [0.05, 0.1) is 4.90 Å². The van der Waals surface area contributed by atoms with Crippen molar-refractivity contribution in [2.45, 2.75) is 23.1 Å². The number of anilines is 1. The van der Waals surface area contributed by atoms with Crippen molar-refractivity contribution in [3.8, 4) is 0 Å². The molecule has 0 saturated carbocycles. The predicted octanol–water partition coefficient (Wildman–Crippen LogP) is 1.46. The molecule has 1 aromatic rings. The number of hydrogen-bond acceptors (Lipinski definition) is 4. The zero-order valence-corrected chi connectivity index (χ0v) is 10.4. The van der Waals surface area contributed by atoms with E-state index in [1.54, 1.807) is 0 Å². The monoisotopic (exact) mass is 276 g/mol. The fraction of sp³-hybridized carbons (Fsp3) is 0.455. The third-order valence-corrected chi connectivity index (χ3v) is 4.25. The standard InChI is InChI=1S/C11H14F2N2O2S/c12-11(13)18(16,17)10-3-1-8(2-4-10)15-9-5-6-14-7-9/h1-4,9,11,14-15H,5-7H2. The number of halogens is 2. The van der Waals surface area contributed by atoms with Crippen LogP contribution in [0.5, 0.6) is 0 Å². The number of sulfone groups is 1. The van der Waals surface area contributed by atoms with E-state index in [0.717, 1.165) is 25.2 Å². The second-order valence-electron chi connectivity index (χ2n) is 4.16. The largest absolute Gasteiger partial charge is 0.381 e. The van der Waals surface area contributed by atoms with Gasteiger partial charge in [-0.05, 0) is 37.2 Å². The minimum atomic E-state index is -4.49. The Morgan fingerprint density at radius 3 is 2.44 bits per heavy atom. The van der Waals surface area contributed by atoms with Crippen LogP contribution in [0.15, 0.2) is 29.2 Å². The third kappa shape index (κ3) is 2.78. The predicted molar refractivity (Wildman–Crippen MR) is 64.5 cm³/mol. The average Bonchev–Trinajstić information content (AvgIpc) is 2.82. The van der Waals surface area contributed by atoms with E-state index in [2.05, 4.69) is 10.6 Å². The highest BCUT2D eigenvalue weighted by Crippen LogP contribution is 2.21. The lowest BCUT2D eigenvalue weighted by atomic mass is 10.2. The Balaban J connectivity index is 2.10. The van der Waals surface area contributed by atoms with Gasteiger partial charge in [-0.3, -0.25) is 0 Å². The minimum absolute atomic E-state index is 0.294. The molecule has 0 aliphatic carbocycles. The van der Waals surface area contributed by atoms with Gasteiger partial charge >= 0.3 is 5.76 Å². The van der Waals surface area contributed by atoms with Gasteiger partial charge in [0, 0.05) is 18.3 Å². The summed E-state index contributed by atoms with van der Waals surface area (Å²) in [5, 5.41) is 6.39. The fourth-order valence-electron chi connectivity index (χ4n) is 1.86. The topological polar surface area (TPSA) is 58.2 Å². The molecule has 4 nitrogen and oxygen atoms in total. The molecule has 7 heteroatoms. The zero-order valence-electron chi connectivity index (χ0n) is 9.57. The summed E-state index contributed by atoms with van der Waals surface area (Å²) in [5.74, 6) is -3.38. The summed E-state index contributed by atoms with van der Waals surface area (Å²) >= 11 is 0. The van der Waals surface area contributed by atoms with Crippen LogP contribution >= 0.6 is 0 Å². The highest BCUT2D eigenvalue weighted by atomic mass is 32.2. The molecule has 100 valence electrons. The van der Waals surface area contributed by atoms with Gasteiger partial charge in [0.2, 0.25) is 9.84 Å². The van der Waals surface area contributed by atoms with E-state index in [9.17, 15) is 17.2 Å². The van der Waals surface area contributed by atoms with E-state index in [1.165, 1.54) is 24.3 Å². The number of hydrogen-bond donors (Lipinski definition) is 2. The van der Waals surface area contributed by atoms with Crippen molar-refractivity contribution in [2.75, 3.05) is 18.4 Å². The van der Waals surface area contributed by atoms with Crippen LogP contribution in [0.4, 0.5) is 14.5 Å². The maximum absolute atomic E-state index is 12.3. The van der Waals surface area contributed by atoms with E-state index in [4.69, 9.17) is 0 Å². The van der Waals surface area contributed by atoms with Crippen LogP contribution in [0.25, 0.3) is 0 Å². The van der Waals surface area contributed by atoms with Crippen molar-refractivity contribution in [3.63, 3.8) is 0 Å². The molecule has 18 heavy (non-hydrogen) atoms. The van der Waals surface area contributed by atoms with E-state index in [0.29, 0.717) is 6.04 Å². The van der Waals surface area contributed by atoms with Crippen LogP contribution in [0.3, 0.4) is 0 Å². The highest BCUT2D eigenvalue weighted by molar-refractivity contribution is 7.91. The van der Waals surface area contributed by atoms with Crippen LogP contribution in [-0.2, 0) is 9.84 Å². The van der Waals surface area contributed by atoms with Crippen molar-refractivity contribution in [3.05, 3.63) is 24.3 Å². The summed E-state index contributed by atoms with van der Waals surface area (Å²) in [6, 6.07) is 5.71. The van der Waals surface area contributed by atoms with Crippen LogP contribution in [-0.4, -0.2) is 33.3 Å². The molecule has 1 aromatic carbocycles. The first-order valence-corrected chi connectivity index (χ1v) is 7.14. The maximum atomic E-state index is 12.3. The molecule has 1 fully saturated rings.